The largest absolute Gasteiger partial charge is 0.311 e. The monoisotopic (exact) mass is 282 g/mol. The van der Waals surface area contributed by atoms with Crippen LogP contribution in [0.2, 0.25) is 5.02 Å². The Hall–Kier alpha value is -1.40. The van der Waals surface area contributed by atoms with Crippen molar-refractivity contribution in [2.45, 2.75) is 33.4 Å². The van der Waals surface area contributed by atoms with Crippen LogP contribution in [0, 0.1) is 6.92 Å². The fourth-order valence-corrected chi connectivity index (χ4v) is 2.15. The van der Waals surface area contributed by atoms with Crippen molar-refractivity contribution >= 4 is 11.6 Å². The Balaban J connectivity index is 1.85. The highest BCUT2D eigenvalue weighted by Crippen LogP contribution is 2.19. The lowest BCUT2D eigenvalue weighted by molar-refractivity contribution is 0.576. The molecule has 2 aromatic heterocycles. The summed E-state index contributed by atoms with van der Waals surface area (Å²) in [5, 5.41) is 12.7. The summed E-state index contributed by atoms with van der Waals surface area (Å²) in [7, 11) is 1.87. The lowest BCUT2D eigenvalue weighted by atomic mass is 10.3. The van der Waals surface area contributed by atoms with Crippen molar-refractivity contribution in [3.05, 3.63) is 28.6 Å². The SMILES string of the molecule is CCn1nc(C)c(Cl)c1CNCCc1ncn(C)n1. The number of hydrogen-bond acceptors (Lipinski definition) is 4. The van der Waals surface area contributed by atoms with Crippen molar-refractivity contribution < 1.29 is 0 Å². The van der Waals surface area contributed by atoms with Crippen molar-refractivity contribution in [2.24, 2.45) is 7.05 Å². The van der Waals surface area contributed by atoms with Crippen molar-refractivity contribution in [1.82, 2.24) is 29.9 Å². The van der Waals surface area contributed by atoms with E-state index in [4.69, 9.17) is 11.6 Å². The molecule has 0 saturated carbocycles. The van der Waals surface area contributed by atoms with E-state index < -0.39 is 0 Å². The molecule has 6 nitrogen and oxygen atoms in total. The highest BCUT2D eigenvalue weighted by Gasteiger charge is 2.11. The highest BCUT2D eigenvalue weighted by atomic mass is 35.5. The number of nitrogens with one attached hydrogen (secondary N) is 1. The summed E-state index contributed by atoms with van der Waals surface area (Å²) in [6.07, 6.45) is 2.51. The summed E-state index contributed by atoms with van der Waals surface area (Å²) in [5.41, 5.74) is 1.92. The van der Waals surface area contributed by atoms with Crippen LogP contribution in [0.25, 0.3) is 0 Å². The van der Waals surface area contributed by atoms with Crippen LogP contribution in [0.5, 0.6) is 0 Å². The molecule has 1 N–H and O–H groups in total. The molecule has 0 aliphatic heterocycles. The first-order valence-corrected chi connectivity index (χ1v) is 6.76. The fourth-order valence-electron chi connectivity index (χ4n) is 1.94. The van der Waals surface area contributed by atoms with Crippen LogP contribution in [0.4, 0.5) is 0 Å². The van der Waals surface area contributed by atoms with E-state index in [0.717, 1.165) is 41.7 Å². The molecular formula is C12H19ClN6. The van der Waals surface area contributed by atoms with Crippen LogP contribution < -0.4 is 5.32 Å². The van der Waals surface area contributed by atoms with Gasteiger partial charge in [0.25, 0.3) is 0 Å². The summed E-state index contributed by atoms with van der Waals surface area (Å²) in [5.74, 6) is 0.848. The first-order chi connectivity index (χ1) is 9.11. The molecule has 0 bridgehead atoms. The van der Waals surface area contributed by atoms with Gasteiger partial charge in [-0.2, -0.15) is 10.2 Å². The lowest BCUT2D eigenvalue weighted by Gasteiger charge is -2.06. The molecule has 104 valence electrons. The average molecular weight is 283 g/mol. The van der Waals surface area contributed by atoms with Gasteiger partial charge in [-0.05, 0) is 13.8 Å². The molecule has 0 atom stereocenters. The van der Waals surface area contributed by atoms with Gasteiger partial charge in [-0.25, -0.2) is 4.98 Å². The first kappa shape index (κ1) is 14.0. The second-order valence-electron chi connectivity index (χ2n) is 4.42. The van der Waals surface area contributed by atoms with Gasteiger partial charge in [-0.1, -0.05) is 11.6 Å². The van der Waals surface area contributed by atoms with Crippen LogP contribution in [0.15, 0.2) is 6.33 Å². The summed E-state index contributed by atoms with van der Waals surface area (Å²) in [6, 6.07) is 0. The number of halogens is 1. The molecule has 0 fully saturated rings. The molecule has 0 aliphatic carbocycles. The summed E-state index contributed by atoms with van der Waals surface area (Å²) in [4.78, 5) is 4.18. The number of aryl methyl sites for hydroxylation is 3. The average Bonchev–Trinajstić information content (AvgIpc) is 2.92. The van der Waals surface area contributed by atoms with Crippen molar-refractivity contribution in [3.8, 4) is 0 Å². The maximum Gasteiger partial charge on any atom is 0.151 e. The fraction of sp³-hybridized carbons (Fsp3) is 0.583. The van der Waals surface area contributed by atoms with E-state index in [0.29, 0.717) is 6.54 Å². The molecule has 0 spiro atoms. The van der Waals surface area contributed by atoms with Gasteiger partial charge < -0.3 is 5.32 Å². The minimum Gasteiger partial charge on any atom is -0.311 e. The van der Waals surface area contributed by atoms with Crippen molar-refractivity contribution in [2.75, 3.05) is 6.54 Å². The van der Waals surface area contributed by atoms with Gasteiger partial charge >= 0.3 is 0 Å². The molecule has 0 aromatic carbocycles. The van der Waals surface area contributed by atoms with Crippen molar-refractivity contribution in [3.63, 3.8) is 0 Å². The third-order valence-electron chi connectivity index (χ3n) is 2.92. The Morgan fingerprint density at radius 3 is 2.79 bits per heavy atom. The minimum absolute atomic E-state index is 0.709. The Morgan fingerprint density at radius 1 is 1.37 bits per heavy atom. The molecule has 0 aliphatic rings. The predicted octanol–water partition coefficient (Wildman–Crippen LogP) is 1.33. The van der Waals surface area contributed by atoms with Crippen molar-refractivity contribution in [1.29, 1.82) is 0 Å². The van der Waals surface area contributed by atoms with Gasteiger partial charge in [0.15, 0.2) is 5.82 Å². The minimum atomic E-state index is 0.709. The molecule has 0 radical (unpaired) electrons. The normalized spacial score (nSPS) is 11.2. The van der Waals surface area contributed by atoms with Crippen LogP contribution in [-0.2, 0) is 26.6 Å². The molecule has 2 heterocycles. The zero-order valence-electron chi connectivity index (χ0n) is 11.5. The van der Waals surface area contributed by atoms with Gasteiger partial charge in [0.1, 0.15) is 6.33 Å². The summed E-state index contributed by atoms with van der Waals surface area (Å²) in [6.45, 7) is 6.33. The summed E-state index contributed by atoms with van der Waals surface area (Å²) >= 11 is 6.24. The molecule has 2 rings (SSSR count). The number of nitrogens with zero attached hydrogens (tertiary/aromatic N) is 5. The zero-order valence-corrected chi connectivity index (χ0v) is 12.3. The van der Waals surface area contributed by atoms with Gasteiger partial charge in [0.05, 0.1) is 16.4 Å². The quantitative estimate of drug-likeness (QED) is 0.812. The molecule has 7 heteroatoms. The van der Waals surface area contributed by atoms with E-state index >= 15 is 0 Å². The van der Waals surface area contributed by atoms with Gasteiger partial charge in [0.2, 0.25) is 0 Å². The Labute approximate surface area is 117 Å². The molecule has 0 unspecified atom stereocenters. The van der Waals surface area contributed by atoms with E-state index in [2.05, 4.69) is 27.4 Å². The van der Waals surface area contributed by atoms with E-state index in [1.165, 1.54) is 0 Å². The topological polar surface area (TPSA) is 60.6 Å². The highest BCUT2D eigenvalue weighted by molar-refractivity contribution is 6.31. The second kappa shape index (κ2) is 6.16. The Morgan fingerprint density at radius 2 is 2.16 bits per heavy atom. The standard InChI is InChI=1S/C12H19ClN6/c1-4-19-10(12(13)9(2)16-19)7-14-6-5-11-15-8-18(3)17-11/h8,14H,4-7H2,1-3H3. The molecule has 19 heavy (non-hydrogen) atoms. The molecule has 0 saturated heterocycles. The van der Waals surface area contributed by atoms with Crippen LogP contribution in [-0.4, -0.2) is 31.1 Å². The van der Waals surface area contributed by atoms with E-state index in [9.17, 15) is 0 Å². The van der Waals surface area contributed by atoms with Gasteiger partial charge in [0, 0.05) is 33.1 Å². The Kier molecular flexibility index (Phi) is 4.55. The molecular weight excluding hydrogens is 264 g/mol. The Bertz CT molecular complexity index is 544. The predicted molar refractivity (Wildman–Crippen MR) is 74.1 cm³/mol. The van der Waals surface area contributed by atoms with E-state index in [1.54, 1.807) is 11.0 Å². The number of aromatic nitrogens is 5. The van der Waals surface area contributed by atoms with Crippen LogP contribution in [0.1, 0.15) is 24.1 Å². The van der Waals surface area contributed by atoms with E-state index in [1.807, 2.05) is 18.7 Å². The second-order valence-corrected chi connectivity index (χ2v) is 4.80. The molecule has 0 amide bonds. The van der Waals surface area contributed by atoms with Crippen LogP contribution in [0.3, 0.4) is 0 Å². The van der Waals surface area contributed by atoms with Gasteiger partial charge in [-0.3, -0.25) is 9.36 Å². The zero-order chi connectivity index (χ0) is 13.8. The smallest absolute Gasteiger partial charge is 0.151 e. The maximum atomic E-state index is 6.24. The van der Waals surface area contributed by atoms with Gasteiger partial charge in [-0.15, -0.1) is 0 Å². The third-order valence-corrected chi connectivity index (χ3v) is 3.41. The summed E-state index contributed by atoms with van der Waals surface area (Å²) < 4.78 is 3.64. The number of rotatable bonds is 6. The van der Waals surface area contributed by atoms with Crippen LogP contribution >= 0.6 is 11.6 Å². The lowest BCUT2D eigenvalue weighted by Crippen LogP contribution is -2.20. The maximum absolute atomic E-state index is 6.24. The first-order valence-electron chi connectivity index (χ1n) is 6.38. The third kappa shape index (κ3) is 3.33. The van der Waals surface area contributed by atoms with E-state index in [-0.39, 0.29) is 0 Å². The molecule has 2 aromatic rings. The number of hydrogen-bond donors (Lipinski definition) is 1.